The second-order valence-electron chi connectivity index (χ2n) is 2.68. The molecule has 1 aromatic rings. The normalized spacial score (nSPS) is 10.9. The van der Waals surface area contributed by atoms with E-state index in [2.05, 4.69) is 9.72 Å². The number of aromatic nitrogens is 1. The molecule has 15 heavy (non-hydrogen) atoms. The Balaban J connectivity index is 3.13. The summed E-state index contributed by atoms with van der Waals surface area (Å²) < 4.78 is 39.0. The highest BCUT2D eigenvalue weighted by Gasteiger charge is 2.32. The van der Waals surface area contributed by atoms with Crippen molar-refractivity contribution in [3.63, 3.8) is 0 Å². The quantitative estimate of drug-likeness (QED) is 0.777. The Labute approximate surface area is 83.1 Å². The number of alkyl halides is 3. The molecule has 0 amide bonds. The van der Waals surface area contributed by atoms with Crippen LogP contribution in [0.2, 0.25) is 0 Å². The van der Waals surface area contributed by atoms with Gasteiger partial charge < -0.3 is 10.5 Å². The van der Waals surface area contributed by atoms with Gasteiger partial charge in [-0.1, -0.05) is 0 Å². The Hall–Kier alpha value is -1.97. The molecule has 0 unspecified atom stereocenters. The van der Waals surface area contributed by atoms with E-state index in [4.69, 9.17) is 11.0 Å². The monoisotopic (exact) mass is 217 g/mol. The zero-order chi connectivity index (χ0) is 11.6. The van der Waals surface area contributed by atoms with E-state index in [9.17, 15) is 13.2 Å². The molecule has 0 saturated carbocycles. The van der Waals surface area contributed by atoms with Crippen LogP contribution in [0, 0.1) is 18.3 Å². The van der Waals surface area contributed by atoms with Gasteiger partial charge >= 0.3 is 6.36 Å². The second kappa shape index (κ2) is 3.65. The molecule has 0 aliphatic heterocycles. The average Bonchev–Trinajstić information content (AvgIpc) is 2.08. The van der Waals surface area contributed by atoms with Crippen LogP contribution in [0.5, 0.6) is 5.88 Å². The fraction of sp³-hybridized carbons (Fsp3) is 0.250. The van der Waals surface area contributed by atoms with Gasteiger partial charge in [0.15, 0.2) is 0 Å². The number of nitrogens with two attached hydrogens (primary N) is 1. The van der Waals surface area contributed by atoms with E-state index in [0.717, 1.165) is 6.07 Å². The number of nitrogens with zero attached hydrogens (tertiary/aromatic N) is 2. The molecule has 4 nitrogen and oxygen atoms in total. The molecule has 0 spiro atoms. The third kappa shape index (κ3) is 2.74. The van der Waals surface area contributed by atoms with Gasteiger partial charge in [-0.2, -0.15) is 5.26 Å². The zero-order valence-corrected chi connectivity index (χ0v) is 7.59. The first-order valence-electron chi connectivity index (χ1n) is 3.76. The number of halogens is 3. The van der Waals surface area contributed by atoms with Crippen molar-refractivity contribution in [2.24, 2.45) is 0 Å². The lowest BCUT2D eigenvalue weighted by Crippen LogP contribution is -2.18. The zero-order valence-electron chi connectivity index (χ0n) is 7.59. The number of pyridine rings is 1. The molecule has 0 aliphatic rings. The molecule has 0 radical (unpaired) electrons. The van der Waals surface area contributed by atoms with E-state index in [-0.39, 0.29) is 11.4 Å². The molecule has 0 bridgehead atoms. The van der Waals surface area contributed by atoms with Gasteiger partial charge in [-0.05, 0) is 6.92 Å². The minimum atomic E-state index is -4.85. The Morgan fingerprint density at radius 2 is 2.13 bits per heavy atom. The first kappa shape index (κ1) is 11.1. The second-order valence-corrected chi connectivity index (χ2v) is 2.68. The average molecular weight is 217 g/mol. The van der Waals surface area contributed by atoms with E-state index < -0.39 is 12.2 Å². The molecule has 1 aromatic heterocycles. The highest BCUT2D eigenvalue weighted by molar-refractivity contribution is 5.53. The van der Waals surface area contributed by atoms with Crippen molar-refractivity contribution < 1.29 is 17.9 Å². The molecule has 2 N–H and O–H groups in total. The summed E-state index contributed by atoms with van der Waals surface area (Å²) in [5, 5.41) is 8.56. The number of nitrogen functional groups attached to an aromatic ring is 1. The lowest BCUT2D eigenvalue weighted by Gasteiger charge is -2.09. The summed E-state index contributed by atoms with van der Waals surface area (Å²) in [6.45, 7) is 1.48. The summed E-state index contributed by atoms with van der Waals surface area (Å²) in [5.41, 5.74) is 5.55. The molecule has 80 valence electrons. The summed E-state index contributed by atoms with van der Waals surface area (Å²) in [7, 11) is 0. The van der Waals surface area contributed by atoms with E-state index >= 15 is 0 Å². The van der Waals surface area contributed by atoms with Crippen LogP contribution in [0.1, 0.15) is 11.3 Å². The van der Waals surface area contributed by atoms with Crippen molar-refractivity contribution in [1.82, 2.24) is 4.98 Å². The standard InChI is InChI=1S/C8H6F3N3O/c1-4-5(13)2-7(14-6(4)3-12)15-8(9,10)11/h2H,1H3,(H2,13,14). The molecule has 0 aliphatic carbocycles. The number of nitriles is 1. The highest BCUT2D eigenvalue weighted by atomic mass is 19.4. The summed E-state index contributed by atoms with van der Waals surface area (Å²) in [5.74, 6) is -0.734. The summed E-state index contributed by atoms with van der Waals surface area (Å²) in [4.78, 5) is 3.35. The lowest BCUT2D eigenvalue weighted by molar-refractivity contribution is -0.276. The van der Waals surface area contributed by atoms with Gasteiger partial charge in [0.2, 0.25) is 5.88 Å². The molecular weight excluding hydrogens is 211 g/mol. The first-order chi connectivity index (χ1) is 6.83. The van der Waals surface area contributed by atoms with E-state index in [1.54, 1.807) is 6.07 Å². The van der Waals surface area contributed by atoms with Crippen molar-refractivity contribution in [3.8, 4) is 11.9 Å². The van der Waals surface area contributed by atoms with Crippen LogP contribution in [-0.4, -0.2) is 11.3 Å². The van der Waals surface area contributed by atoms with Crippen LogP contribution < -0.4 is 10.5 Å². The maximum Gasteiger partial charge on any atom is 0.574 e. The van der Waals surface area contributed by atoms with Crippen LogP contribution in [0.25, 0.3) is 0 Å². The van der Waals surface area contributed by atoms with Crippen LogP contribution in [0.4, 0.5) is 18.9 Å². The Morgan fingerprint density at radius 1 is 1.53 bits per heavy atom. The van der Waals surface area contributed by atoms with Crippen molar-refractivity contribution in [3.05, 3.63) is 17.3 Å². The maximum absolute atomic E-state index is 11.8. The molecule has 1 heterocycles. The molecule has 0 saturated heterocycles. The number of hydrogen-bond acceptors (Lipinski definition) is 4. The number of ether oxygens (including phenoxy) is 1. The topological polar surface area (TPSA) is 71.9 Å². The van der Waals surface area contributed by atoms with E-state index in [1.165, 1.54) is 6.92 Å². The lowest BCUT2D eigenvalue weighted by atomic mass is 10.2. The van der Waals surface area contributed by atoms with Crippen molar-refractivity contribution >= 4 is 5.69 Å². The fourth-order valence-electron chi connectivity index (χ4n) is 0.884. The summed E-state index contributed by atoms with van der Waals surface area (Å²) in [6, 6.07) is 2.54. The van der Waals surface area contributed by atoms with Crippen LogP contribution in [0.15, 0.2) is 6.07 Å². The minimum absolute atomic E-state index is 0.0285. The fourth-order valence-corrected chi connectivity index (χ4v) is 0.884. The molecule has 7 heteroatoms. The van der Waals surface area contributed by atoms with Gasteiger partial charge in [-0.15, -0.1) is 13.2 Å². The number of rotatable bonds is 1. The third-order valence-electron chi connectivity index (χ3n) is 1.62. The van der Waals surface area contributed by atoms with Gasteiger partial charge in [0.1, 0.15) is 11.8 Å². The highest BCUT2D eigenvalue weighted by Crippen LogP contribution is 2.25. The predicted molar refractivity (Wildman–Crippen MR) is 44.8 cm³/mol. The van der Waals surface area contributed by atoms with E-state index in [0.29, 0.717) is 5.56 Å². The Bertz CT molecular complexity index is 422. The first-order valence-corrected chi connectivity index (χ1v) is 3.76. The van der Waals surface area contributed by atoms with Gasteiger partial charge in [0, 0.05) is 17.3 Å². The minimum Gasteiger partial charge on any atom is -0.398 e. The molecule has 1 rings (SSSR count). The van der Waals surface area contributed by atoms with Gasteiger partial charge in [-0.25, -0.2) is 4.98 Å². The maximum atomic E-state index is 11.8. The van der Waals surface area contributed by atoms with Crippen molar-refractivity contribution in [2.45, 2.75) is 13.3 Å². The van der Waals surface area contributed by atoms with E-state index in [1.807, 2.05) is 0 Å². The number of anilines is 1. The van der Waals surface area contributed by atoms with Gasteiger partial charge in [0.05, 0.1) is 0 Å². The molecule has 0 aromatic carbocycles. The largest absolute Gasteiger partial charge is 0.574 e. The van der Waals surface area contributed by atoms with Crippen LogP contribution >= 0.6 is 0 Å². The SMILES string of the molecule is Cc1c(N)cc(OC(F)(F)F)nc1C#N. The third-order valence-corrected chi connectivity index (χ3v) is 1.62. The Kier molecular flexibility index (Phi) is 2.70. The predicted octanol–water partition coefficient (Wildman–Crippen LogP) is 1.74. The molecular formula is C8H6F3N3O. The Morgan fingerprint density at radius 3 is 2.60 bits per heavy atom. The van der Waals surface area contributed by atoms with Crippen molar-refractivity contribution in [1.29, 1.82) is 5.26 Å². The van der Waals surface area contributed by atoms with Gasteiger partial charge in [0.25, 0.3) is 0 Å². The molecule has 0 atom stereocenters. The van der Waals surface area contributed by atoms with Crippen molar-refractivity contribution in [2.75, 3.05) is 5.73 Å². The number of hydrogen-bond donors (Lipinski definition) is 1. The van der Waals surface area contributed by atoms with Gasteiger partial charge in [-0.3, -0.25) is 0 Å². The smallest absolute Gasteiger partial charge is 0.398 e. The van der Waals surface area contributed by atoms with Crippen LogP contribution in [0.3, 0.4) is 0 Å². The van der Waals surface area contributed by atoms with Crippen LogP contribution in [-0.2, 0) is 0 Å². The summed E-state index contributed by atoms with van der Waals surface area (Å²) >= 11 is 0. The molecule has 0 fully saturated rings. The summed E-state index contributed by atoms with van der Waals surface area (Å²) in [6.07, 6.45) is -4.85.